The molecule has 138 valence electrons. The largest absolute Gasteiger partial charge is 0.320 e. The van der Waals surface area contributed by atoms with Crippen LogP contribution in [0.15, 0.2) is 40.7 Å². The molecule has 0 radical (unpaired) electrons. The first-order valence-electron chi connectivity index (χ1n) is 7.56. The Kier molecular flexibility index (Phi) is 5.33. The molecule has 1 heterocycles. The van der Waals surface area contributed by atoms with Crippen molar-refractivity contribution in [3.05, 3.63) is 62.2 Å². The monoisotopic (exact) mass is 404 g/mol. The Morgan fingerprint density at radius 1 is 1.19 bits per heavy atom. The van der Waals surface area contributed by atoms with Crippen LogP contribution in [0.2, 0.25) is 0 Å². The van der Waals surface area contributed by atoms with Crippen molar-refractivity contribution in [1.82, 2.24) is 4.98 Å². The molecule has 1 amide bonds. The van der Waals surface area contributed by atoms with Crippen LogP contribution in [-0.4, -0.2) is 26.5 Å². The summed E-state index contributed by atoms with van der Waals surface area (Å²) in [5.74, 6) is -0.398. The van der Waals surface area contributed by atoms with Gasteiger partial charge in [0.05, 0.1) is 25.8 Å². The third kappa shape index (κ3) is 4.38. The summed E-state index contributed by atoms with van der Waals surface area (Å²) in [5.41, 5.74) is 1.28. The summed E-state index contributed by atoms with van der Waals surface area (Å²) in [5, 5.41) is 24.5. The van der Waals surface area contributed by atoms with Crippen molar-refractivity contribution < 1.29 is 14.6 Å². The van der Waals surface area contributed by atoms with E-state index in [2.05, 4.69) is 10.3 Å². The van der Waals surface area contributed by atoms with Gasteiger partial charge in [-0.25, -0.2) is 4.98 Å². The number of aryl methyl sites for hydroxylation is 1. The van der Waals surface area contributed by atoms with Gasteiger partial charge in [-0.05, 0) is 24.6 Å². The van der Waals surface area contributed by atoms with Gasteiger partial charge in [0, 0.05) is 18.2 Å². The van der Waals surface area contributed by atoms with Crippen molar-refractivity contribution in [2.75, 3.05) is 11.1 Å². The maximum Gasteiger partial charge on any atom is 0.293 e. The van der Waals surface area contributed by atoms with Crippen LogP contribution in [0, 0.1) is 27.2 Å². The molecule has 3 rings (SSSR count). The number of hydrogen-bond acceptors (Lipinski definition) is 8. The van der Waals surface area contributed by atoms with Crippen molar-refractivity contribution in [2.45, 2.75) is 11.3 Å². The Labute approximate surface area is 160 Å². The van der Waals surface area contributed by atoms with Gasteiger partial charge in [0.2, 0.25) is 5.91 Å². The van der Waals surface area contributed by atoms with Crippen LogP contribution in [0.25, 0.3) is 10.2 Å². The van der Waals surface area contributed by atoms with Gasteiger partial charge in [-0.15, -0.1) is 11.3 Å². The Hall–Kier alpha value is -3.05. The first kappa shape index (κ1) is 18.7. The van der Waals surface area contributed by atoms with Crippen LogP contribution in [0.1, 0.15) is 5.56 Å². The zero-order valence-corrected chi connectivity index (χ0v) is 15.5. The van der Waals surface area contributed by atoms with E-state index >= 15 is 0 Å². The van der Waals surface area contributed by atoms with E-state index in [-0.39, 0.29) is 22.8 Å². The smallest absolute Gasteiger partial charge is 0.293 e. The third-order valence-corrected chi connectivity index (χ3v) is 5.68. The van der Waals surface area contributed by atoms with E-state index in [4.69, 9.17) is 0 Å². The molecule has 0 aliphatic carbocycles. The summed E-state index contributed by atoms with van der Waals surface area (Å²) in [6.45, 7) is 1.73. The fourth-order valence-electron chi connectivity index (χ4n) is 2.28. The second-order valence-corrected chi connectivity index (χ2v) is 7.76. The summed E-state index contributed by atoms with van der Waals surface area (Å²) < 4.78 is 1.24. The Balaban J connectivity index is 1.68. The number of amides is 1. The highest BCUT2D eigenvalue weighted by Gasteiger charge is 2.17. The quantitative estimate of drug-likeness (QED) is 0.371. The molecule has 0 aliphatic rings. The van der Waals surface area contributed by atoms with Crippen molar-refractivity contribution >= 4 is 56.3 Å². The minimum absolute atomic E-state index is 0.00689. The van der Waals surface area contributed by atoms with Crippen LogP contribution in [0.3, 0.4) is 0 Å². The highest BCUT2D eigenvalue weighted by atomic mass is 32.2. The first-order valence-corrected chi connectivity index (χ1v) is 9.36. The Morgan fingerprint density at radius 2 is 1.96 bits per heavy atom. The minimum Gasteiger partial charge on any atom is -0.320 e. The number of aromatic nitrogens is 1. The molecular weight excluding hydrogens is 392 g/mol. The topological polar surface area (TPSA) is 128 Å². The molecule has 1 aromatic heterocycles. The van der Waals surface area contributed by atoms with Gasteiger partial charge in [-0.3, -0.25) is 25.0 Å². The average Bonchev–Trinajstić information content (AvgIpc) is 3.03. The molecule has 0 unspecified atom stereocenters. The zero-order valence-electron chi connectivity index (χ0n) is 13.9. The van der Waals surface area contributed by atoms with Gasteiger partial charge in [0.25, 0.3) is 11.4 Å². The number of carbonyl (C=O) groups excluding carboxylic acids is 1. The van der Waals surface area contributed by atoms with Crippen LogP contribution < -0.4 is 5.32 Å². The normalized spacial score (nSPS) is 10.7. The van der Waals surface area contributed by atoms with Crippen LogP contribution >= 0.6 is 23.1 Å². The molecule has 0 atom stereocenters. The van der Waals surface area contributed by atoms with E-state index in [1.54, 1.807) is 19.1 Å². The fraction of sp³-hybridized carbons (Fsp3) is 0.125. The minimum atomic E-state index is -0.545. The molecule has 0 bridgehead atoms. The number of benzene rings is 2. The Morgan fingerprint density at radius 3 is 2.67 bits per heavy atom. The molecule has 1 N–H and O–H groups in total. The maximum atomic E-state index is 12.1. The van der Waals surface area contributed by atoms with Crippen molar-refractivity contribution in [3.63, 3.8) is 0 Å². The highest BCUT2D eigenvalue weighted by molar-refractivity contribution is 8.01. The van der Waals surface area contributed by atoms with Gasteiger partial charge >= 0.3 is 0 Å². The number of rotatable bonds is 6. The number of fused-ring (bicyclic) bond motifs is 1. The molecule has 0 saturated heterocycles. The van der Waals surface area contributed by atoms with E-state index in [0.717, 1.165) is 17.3 Å². The molecule has 0 spiro atoms. The second-order valence-electron chi connectivity index (χ2n) is 5.50. The Bertz CT molecular complexity index is 1070. The second kappa shape index (κ2) is 7.68. The maximum absolute atomic E-state index is 12.1. The summed E-state index contributed by atoms with van der Waals surface area (Å²) in [6, 6.07) is 8.93. The van der Waals surface area contributed by atoms with E-state index in [1.807, 2.05) is 0 Å². The van der Waals surface area contributed by atoms with Crippen molar-refractivity contribution in [2.24, 2.45) is 0 Å². The van der Waals surface area contributed by atoms with E-state index in [0.29, 0.717) is 14.6 Å². The molecule has 0 fully saturated rings. The fourth-order valence-corrected chi connectivity index (χ4v) is 4.18. The molecule has 3 aromatic rings. The lowest BCUT2D eigenvalue weighted by atomic mass is 10.2. The van der Waals surface area contributed by atoms with Gasteiger partial charge in [0.1, 0.15) is 5.69 Å². The molecule has 2 aromatic carbocycles. The predicted octanol–water partition coefficient (Wildman–Crippen LogP) is 4.15. The van der Waals surface area contributed by atoms with E-state index in [9.17, 15) is 25.0 Å². The number of anilines is 1. The molecule has 11 heteroatoms. The van der Waals surface area contributed by atoms with E-state index in [1.165, 1.54) is 35.6 Å². The molecule has 27 heavy (non-hydrogen) atoms. The lowest BCUT2D eigenvalue weighted by Gasteiger charge is -2.06. The van der Waals surface area contributed by atoms with Gasteiger partial charge < -0.3 is 5.32 Å². The van der Waals surface area contributed by atoms with Crippen LogP contribution in [-0.2, 0) is 4.79 Å². The number of nitro benzene ring substituents is 2. The molecular formula is C16H12N4O5S2. The standard InChI is InChI=1S/C16H12N4O5S2/c1-9-2-4-11(13(6-9)20(24)25)17-15(21)8-26-16-18-12-5-3-10(19(22)23)7-14(12)27-16/h2-7H,8H2,1H3,(H,17,21). The number of non-ortho nitro benzene ring substituents is 1. The molecule has 0 saturated carbocycles. The van der Waals surface area contributed by atoms with Crippen LogP contribution in [0.4, 0.5) is 17.1 Å². The molecule has 9 nitrogen and oxygen atoms in total. The zero-order chi connectivity index (χ0) is 19.6. The summed E-state index contributed by atoms with van der Waals surface area (Å²) >= 11 is 2.41. The average molecular weight is 404 g/mol. The first-order chi connectivity index (χ1) is 12.8. The number of nitro groups is 2. The number of hydrogen-bond donors (Lipinski definition) is 1. The summed E-state index contributed by atoms with van der Waals surface area (Å²) in [7, 11) is 0. The third-order valence-electron chi connectivity index (χ3n) is 3.51. The van der Waals surface area contributed by atoms with Gasteiger partial charge in [-0.1, -0.05) is 17.8 Å². The number of nitrogens with zero attached hydrogens (tertiary/aromatic N) is 3. The summed E-state index contributed by atoms with van der Waals surface area (Å²) in [6.07, 6.45) is 0. The number of carbonyl (C=O) groups is 1. The summed E-state index contributed by atoms with van der Waals surface area (Å²) in [4.78, 5) is 37.4. The molecule has 0 aliphatic heterocycles. The van der Waals surface area contributed by atoms with Crippen molar-refractivity contribution in [3.8, 4) is 0 Å². The highest BCUT2D eigenvalue weighted by Crippen LogP contribution is 2.32. The van der Waals surface area contributed by atoms with Crippen LogP contribution in [0.5, 0.6) is 0 Å². The number of nitrogens with one attached hydrogen (secondary N) is 1. The SMILES string of the molecule is Cc1ccc(NC(=O)CSc2nc3ccc([N+](=O)[O-])cc3s2)c([N+](=O)[O-])c1. The lowest BCUT2D eigenvalue weighted by molar-refractivity contribution is -0.384. The van der Waals surface area contributed by atoms with Crippen molar-refractivity contribution in [1.29, 1.82) is 0 Å². The number of thiazole rings is 1. The number of thioether (sulfide) groups is 1. The van der Waals surface area contributed by atoms with Gasteiger partial charge in [0.15, 0.2) is 4.34 Å². The van der Waals surface area contributed by atoms with Gasteiger partial charge in [-0.2, -0.15) is 0 Å². The van der Waals surface area contributed by atoms with E-state index < -0.39 is 15.8 Å². The predicted molar refractivity (Wildman–Crippen MR) is 103 cm³/mol. The lowest BCUT2D eigenvalue weighted by Crippen LogP contribution is -2.15.